The van der Waals surface area contributed by atoms with E-state index in [0.717, 1.165) is 44.6 Å². The van der Waals surface area contributed by atoms with Crippen molar-refractivity contribution in [1.29, 1.82) is 0 Å². The van der Waals surface area contributed by atoms with Crippen LogP contribution in [0.1, 0.15) is 5.82 Å². The number of nitrogens with one attached hydrogen (secondary N) is 2. The Hall–Kier alpha value is -4.83. The molecule has 1 amide bonds. The zero-order valence-corrected chi connectivity index (χ0v) is 19.5. The van der Waals surface area contributed by atoms with Crippen molar-refractivity contribution in [2.45, 2.75) is 6.92 Å². The zero-order chi connectivity index (χ0) is 24.8. The number of imidazole rings is 1. The van der Waals surface area contributed by atoms with Gasteiger partial charge in [-0.2, -0.15) is 5.10 Å². The second kappa shape index (κ2) is 8.43. The summed E-state index contributed by atoms with van der Waals surface area (Å²) in [6.45, 7) is 1.93. The van der Waals surface area contributed by atoms with Crippen LogP contribution in [0.5, 0.6) is 0 Å². The topological polar surface area (TPSA) is 134 Å². The number of amides is 1. The Labute approximate surface area is 208 Å². The van der Waals surface area contributed by atoms with Gasteiger partial charge in [-0.05, 0) is 54.4 Å². The van der Waals surface area contributed by atoms with Crippen molar-refractivity contribution < 1.29 is 9.90 Å². The van der Waals surface area contributed by atoms with Gasteiger partial charge in [0.25, 0.3) is 0 Å². The highest BCUT2D eigenvalue weighted by molar-refractivity contribution is 6.35. The van der Waals surface area contributed by atoms with Gasteiger partial charge in [0.1, 0.15) is 23.5 Å². The highest BCUT2D eigenvalue weighted by Gasteiger charge is 2.19. The molecule has 0 radical (unpaired) electrons. The number of fused-ring (bicyclic) bond motifs is 2. The number of rotatable bonds is 4. The number of hydrogen-bond donors (Lipinski definition) is 3. The number of aryl methyl sites for hydroxylation is 1. The molecule has 0 saturated heterocycles. The van der Waals surface area contributed by atoms with Gasteiger partial charge >= 0.3 is 6.09 Å². The molecule has 3 N–H and O–H groups in total. The summed E-state index contributed by atoms with van der Waals surface area (Å²) in [4.78, 5) is 28.9. The monoisotopic (exact) mass is 496 g/mol. The summed E-state index contributed by atoms with van der Waals surface area (Å²) in [5, 5.41) is 19.8. The second-order valence-corrected chi connectivity index (χ2v) is 8.45. The van der Waals surface area contributed by atoms with Crippen LogP contribution in [0, 0.1) is 6.92 Å². The van der Waals surface area contributed by atoms with E-state index in [4.69, 9.17) is 21.7 Å². The maximum absolute atomic E-state index is 11.1. The molecule has 0 aliphatic rings. The van der Waals surface area contributed by atoms with Crippen molar-refractivity contribution in [2.24, 2.45) is 0 Å². The molecular weight excluding hydrogens is 480 g/mol. The van der Waals surface area contributed by atoms with Crippen LogP contribution in [-0.2, 0) is 0 Å². The molecule has 0 atom stereocenters. The molecule has 2 aromatic carbocycles. The quantitative estimate of drug-likeness (QED) is 0.294. The number of aromatic nitrogens is 7. The molecule has 0 aliphatic heterocycles. The van der Waals surface area contributed by atoms with E-state index in [1.807, 2.05) is 49.4 Å². The average molecular weight is 497 g/mol. The summed E-state index contributed by atoms with van der Waals surface area (Å²) in [6, 6.07) is 15.0. The first-order valence-electron chi connectivity index (χ1n) is 10.9. The Morgan fingerprint density at radius 2 is 1.89 bits per heavy atom. The molecule has 0 spiro atoms. The van der Waals surface area contributed by atoms with Crippen molar-refractivity contribution in [3.63, 3.8) is 0 Å². The van der Waals surface area contributed by atoms with Gasteiger partial charge in [0.2, 0.25) is 0 Å². The summed E-state index contributed by atoms with van der Waals surface area (Å²) in [5.41, 5.74) is 5.48. The van der Waals surface area contributed by atoms with E-state index in [1.165, 1.54) is 6.33 Å². The van der Waals surface area contributed by atoms with Gasteiger partial charge in [-0.25, -0.2) is 19.7 Å². The average Bonchev–Trinajstić information content (AvgIpc) is 3.51. The predicted octanol–water partition coefficient (Wildman–Crippen LogP) is 5.47. The maximum Gasteiger partial charge on any atom is 0.410 e. The molecule has 6 aromatic rings. The normalized spacial score (nSPS) is 11.3. The smallest absolute Gasteiger partial charge is 0.410 e. The Morgan fingerprint density at radius 1 is 1.03 bits per heavy atom. The number of hydrogen-bond acceptors (Lipinski definition) is 6. The number of pyridine rings is 2. The minimum absolute atomic E-state index is 0.223. The third kappa shape index (κ3) is 3.60. The fraction of sp³-hybridized carbons (Fsp3) is 0.0400. The van der Waals surface area contributed by atoms with Crippen LogP contribution < -0.4 is 5.32 Å². The number of para-hydroxylation sites is 1. The molecule has 4 aromatic heterocycles. The zero-order valence-electron chi connectivity index (χ0n) is 18.8. The number of anilines is 1. The fourth-order valence-electron chi connectivity index (χ4n) is 4.39. The summed E-state index contributed by atoms with van der Waals surface area (Å²) in [5.74, 6) is 1.55. The number of aromatic amines is 1. The molecule has 0 fully saturated rings. The van der Waals surface area contributed by atoms with Gasteiger partial charge in [-0.3, -0.25) is 20.0 Å². The fourth-order valence-corrected chi connectivity index (χ4v) is 4.61. The first-order valence-corrected chi connectivity index (χ1v) is 11.3. The van der Waals surface area contributed by atoms with Crippen molar-refractivity contribution in [2.75, 3.05) is 5.32 Å². The standard InChI is InChI=1S/C25H17ClN8O2/c1-13-31-23-17(24-29-12-30-33-24)9-15(14-5-7-27-21(11-14)32-25(35)36)10-20(23)34(13)19-6-8-28-22-16(19)3-2-4-18(22)26/h2-12H,1H3,(H,27,32)(H,35,36)(H,29,30,33). The number of carboxylic acid groups (broad SMARTS) is 1. The summed E-state index contributed by atoms with van der Waals surface area (Å²) in [6.07, 6.45) is 3.54. The van der Waals surface area contributed by atoms with Crippen LogP contribution in [0.15, 0.2) is 67.3 Å². The SMILES string of the molecule is Cc1nc2c(-c3ncn[nH]3)cc(-c3ccnc(NC(=O)O)c3)cc2n1-c1ccnc2c(Cl)cccc12. The van der Waals surface area contributed by atoms with E-state index < -0.39 is 6.09 Å². The highest BCUT2D eigenvalue weighted by atomic mass is 35.5. The minimum atomic E-state index is -1.19. The number of H-pyrrole nitrogens is 1. The molecule has 11 heteroatoms. The summed E-state index contributed by atoms with van der Waals surface area (Å²) < 4.78 is 2.05. The lowest BCUT2D eigenvalue weighted by molar-refractivity contribution is 0.209. The number of carbonyl (C=O) groups is 1. The van der Waals surface area contributed by atoms with Crippen LogP contribution in [0.4, 0.5) is 10.6 Å². The lowest BCUT2D eigenvalue weighted by Crippen LogP contribution is -2.08. The number of benzene rings is 2. The number of nitrogens with zero attached hydrogens (tertiary/aromatic N) is 6. The summed E-state index contributed by atoms with van der Waals surface area (Å²) >= 11 is 6.44. The molecule has 0 bridgehead atoms. The third-order valence-corrected chi connectivity index (χ3v) is 6.17. The molecule has 36 heavy (non-hydrogen) atoms. The summed E-state index contributed by atoms with van der Waals surface area (Å²) in [7, 11) is 0. The lowest BCUT2D eigenvalue weighted by atomic mass is 10.0. The van der Waals surface area contributed by atoms with E-state index in [2.05, 4.69) is 35.0 Å². The van der Waals surface area contributed by atoms with Crippen molar-refractivity contribution in [3.8, 4) is 28.2 Å². The van der Waals surface area contributed by atoms with Gasteiger partial charge < -0.3 is 5.11 Å². The van der Waals surface area contributed by atoms with E-state index in [9.17, 15) is 4.79 Å². The Kier molecular flexibility index (Phi) is 5.08. The van der Waals surface area contributed by atoms with Crippen LogP contribution in [0.25, 0.3) is 50.1 Å². The third-order valence-electron chi connectivity index (χ3n) is 5.87. The first-order chi connectivity index (χ1) is 17.5. The van der Waals surface area contributed by atoms with Crippen LogP contribution >= 0.6 is 11.6 Å². The van der Waals surface area contributed by atoms with Gasteiger partial charge in [0.05, 0.1) is 21.7 Å². The van der Waals surface area contributed by atoms with Gasteiger partial charge in [0, 0.05) is 23.3 Å². The van der Waals surface area contributed by atoms with Crippen LogP contribution in [0.3, 0.4) is 0 Å². The minimum Gasteiger partial charge on any atom is -0.465 e. The molecule has 0 unspecified atom stereocenters. The molecule has 0 saturated carbocycles. The van der Waals surface area contributed by atoms with Gasteiger partial charge in [0.15, 0.2) is 5.82 Å². The lowest BCUT2D eigenvalue weighted by Gasteiger charge is -2.13. The maximum atomic E-state index is 11.1. The van der Waals surface area contributed by atoms with Gasteiger partial charge in [-0.15, -0.1) is 0 Å². The van der Waals surface area contributed by atoms with Crippen molar-refractivity contribution in [3.05, 3.63) is 78.1 Å². The highest BCUT2D eigenvalue weighted by Crippen LogP contribution is 2.36. The largest absolute Gasteiger partial charge is 0.465 e. The molecule has 176 valence electrons. The van der Waals surface area contributed by atoms with Crippen LogP contribution in [0.2, 0.25) is 5.02 Å². The number of halogens is 1. The van der Waals surface area contributed by atoms with Crippen molar-refractivity contribution >= 4 is 45.4 Å². The second-order valence-electron chi connectivity index (χ2n) is 8.05. The first kappa shape index (κ1) is 21.7. The molecule has 0 aliphatic carbocycles. The van der Waals surface area contributed by atoms with E-state index in [-0.39, 0.29) is 5.82 Å². The molecule has 4 heterocycles. The predicted molar refractivity (Wildman–Crippen MR) is 136 cm³/mol. The van der Waals surface area contributed by atoms with Crippen molar-refractivity contribution in [1.82, 2.24) is 34.7 Å². The molecule has 10 nitrogen and oxygen atoms in total. The Bertz CT molecular complexity index is 1780. The Morgan fingerprint density at radius 3 is 2.69 bits per heavy atom. The Balaban J connectivity index is 1.66. The van der Waals surface area contributed by atoms with E-state index in [0.29, 0.717) is 16.4 Å². The van der Waals surface area contributed by atoms with Crippen LogP contribution in [-0.4, -0.2) is 45.9 Å². The van der Waals surface area contributed by atoms with Gasteiger partial charge in [-0.1, -0.05) is 23.7 Å². The molecule has 6 rings (SSSR count). The van der Waals surface area contributed by atoms with E-state index in [1.54, 1.807) is 18.5 Å². The molecular formula is C25H17ClN8O2. The van der Waals surface area contributed by atoms with E-state index >= 15 is 0 Å².